The summed E-state index contributed by atoms with van der Waals surface area (Å²) >= 11 is 0. The molecule has 0 spiro atoms. The maximum absolute atomic E-state index is 6.67. The Morgan fingerprint density at radius 3 is 2.48 bits per heavy atom. The van der Waals surface area contributed by atoms with E-state index in [1.807, 2.05) is 4.68 Å². The number of aromatic nitrogens is 2. The molecule has 2 rings (SSSR count). The zero-order valence-corrected chi connectivity index (χ0v) is 14.5. The third kappa shape index (κ3) is 3.88. The molecule has 1 aliphatic rings. The van der Waals surface area contributed by atoms with Crippen molar-refractivity contribution in [3.63, 3.8) is 0 Å². The van der Waals surface area contributed by atoms with Crippen molar-refractivity contribution in [1.82, 2.24) is 9.78 Å². The van der Waals surface area contributed by atoms with Gasteiger partial charge in [-0.1, -0.05) is 27.2 Å². The van der Waals surface area contributed by atoms with E-state index in [0.29, 0.717) is 11.5 Å². The highest BCUT2D eigenvalue weighted by molar-refractivity contribution is 5.07. The van der Waals surface area contributed by atoms with E-state index in [9.17, 15) is 0 Å². The van der Waals surface area contributed by atoms with Crippen LogP contribution in [0, 0.1) is 11.3 Å². The summed E-state index contributed by atoms with van der Waals surface area (Å²) in [7, 11) is 0. The van der Waals surface area contributed by atoms with Gasteiger partial charge in [0.05, 0.1) is 5.69 Å². The quantitative estimate of drug-likeness (QED) is 0.877. The van der Waals surface area contributed by atoms with Gasteiger partial charge in [0, 0.05) is 24.2 Å². The molecule has 0 saturated heterocycles. The van der Waals surface area contributed by atoms with Crippen molar-refractivity contribution in [2.75, 3.05) is 0 Å². The lowest BCUT2D eigenvalue weighted by Crippen LogP contribution is -2.47. The first-order chi connectivity index (χ1) is 9.76. The van der Waals surface area contributed by atoms with Crippen LogP contribution < -0.4 is 5.73 Å². The normalized spacial score (nSPS) is 27.3. The Labute approximate surface area is 130 Å². The van der Waals surface area contributed by atoms with Gasteiger partial charge in [0.1, 0.15) is 0 Å². The third-order valence-corrected chi connectivity index (χ3v) is 5.72. The summed E-state index contributed by atoms with van der Waals surface area (Å²) in [6.45, 7) is 11.4. The van der Waals surface area contributed by atoms with E-state index in [4.69, 9.17) is 5.73 Å². The Balaban J connectivity index is 1.95. The molecule has 3 nitrogen and oxygen atoms in total. The van der Waals surface area contributed by atoms with E-state index < -0.39 is 0 Å². The van der Waals surface area contributed by atoms with Crippen molar-refractivity contribution in [2.45, 2.75) is 84.7 Å². The molecule has 0 aliphatic heterocycles. The minimum absolute atomic E-state index is 0.0452. The van der Waals surface area contributed by atoms with Crippen LogP contribution >= 0.6 is 0 Å². The van der Waals surface area contributed by atoms with Crippen LogP contribution in [-0.2, 0) is 6.42 Å². The van der Waals surface area contributed by atoms with E-state index in [1.165, 1.54) is 19.3 Å². The second-order valence-electron chi connectivity index (χ2n) is 8.04. The number of nitrogens with zero attached hydrogens (tertiary/aromatic N) is 2. The number of hydrogen-bond acceptors (Lipinski definition) is 2. The second kappa shape index (κ2) is 6.12. The van der Waals surface area contributed by atoms with E-state index in [0.717, 1.165) is 30.9 Å². The molecule has 0 bridgehead atoms. The summed E-state index contributed by atoms with van der Waals surface area (Å²) in [4.78, 5) is 0. The van der Waals surface area contributed by atoms with Crippen LogP contribution in [0.25, 0.3) is 0 Å². The zero-order chi connectivity index (χ0) is 15.7. The van der Waals surface area contributed by atoms with Crippen molar-refractivity contribution in [3.8, 4) is 0 Å². The van der Waals surface area contributed by atoms with E-state index >= 15 is 0 Å². The van der Waals surface area contributed by atoms with Gasteiger partial charge in [-0.15, -0.1) is 0 Å². The molecule has 1 heterocycles. The molecule has 0 radical (unpaired) electrons. The molecular weight excluding hydrogens is 258 g/mol. The Hall–Kier alpha value is -0.830. The van der Waals surface area contributed by atoms with Crippen LogP contribution in [0.5, 0.6) is 0 Å². The monoisotopic (exact) mass is 291 g/mol. The highest BCUT2D eigenvalue weighted by atomic mass is 15.3. The summed E-state index contributed by atoms with van der Waals surface area (Å²) in [5.74, 6) is 0.826. The van der Waals surface area contributed by atoms with Crippen LogP contribution in [0.1, 0.15) is 78.5 Å². The molecule has 0 unspecified atom stereocenters. The molecule has 2 N–H and O–H groups in total. The summed E-state index contributed by atoms with van der Waals surface area (Å²) in [6.07, 6.45) is 9.06. The van der Waals surface area contributed by atoms with E-state index in [-0.39, 0.29) is 5.54 Å². The number of nitrogens with two attached hydrogens (primary N) is 1. The predicted octanol–water partition coefficient (Wildman–Crippen LogP) is 4.33. The minimum Gasteiger partial charge on any atom is -0.325 e. The van der Waals surface area contributed by atoms with Gasteiger partial charge in [0.15, 0.2) is 0 Å². The largest absolute Gasteiger partial charge is 0.325 e. The SMILES string of the molecule is CCC(C)(C)C1CCC(N)(Cc2ccn(C(C)C)n2)CC1. The summed E-state index contributed by atoms with van der Waals surface area (Å²) in [5.41, 5.74) is 8.24. The summed E-state index contributed by atoms with van der Waals surface area (Å²) in [5, 5.41) is 4.67. The van der Waals surface area contributed by atoms with E-state index in [2.05, 4.69) is 52.0 Å². The predicted molar refractivity (Wildman–Crippen MR) is 89.3 cm³/mol. The molecule has 1 aromatic rings. The van der Waals surface area contributed by atoms with Gasteiger partial charge < -0.3 is 5.73 Å². The Bertz CT molecular complexity index is 451. The summed E-state index contributed by atoms with van der Waals surface area (Å²) < 4.78 is 2.03. The topological polar surface area (TPSA) is 43.8 Å². The molecule has 0 atom stereocenters. The van der Waals surface area contributed by atoms with Gasteiger partial charge in [-0.05, 0) is 56.9 Å². The third-order valence-electron chi connectivity index (χ3n) is 5.72. The van der Waals surface area contributed by atoms with E-state index in [1.54, 1.807) is 0 Å². The Kier molecular flexibility index (Phi) is 4.82. The Morgan fingerprint density at radius 2 is 2.00 bits per heavy atom. The lowest BCUT2D eigenvalue weighted by molar-refractivity contribution is 0.115. The zero-order valence-electron chi connectivity index (χ0n) is 14.5. The van der Waals surface area contributed by atoms with Crippen LogP contribution in [0.2, 0.25) is 0 Å². The molecule has 1 fully saturated rings. The molecular formula is C18H33N3. The van der Waals surface area contributed by atoms with Crippen molar-refractivity contribution in [2.24, 2.45) is 17.1 Å². The highest BCUT2D eigenvalue weighted by Gasteiger charge is 2.37. The van der Waals surface area contributed by atoms with Crippen molar-refractivity contribution in [1.29, 1.82) is 0 Å². The average Bonchev–Trinajstić information content (AvgIpc) is 2.87. The van der Waals surface area contributed by atoms with Gasteiger partial charge in [-0.2, -0.15) is 5.10 Å². The van der Waals surface area contributed by atoms with Crippen molar-refractivity contribution in [3.05, 3.63) is 18.0 Å². The van der Waals surface area contributed by atoms with Gasteiger partial charge >= 0.3 is 0 Å². The highest BCUT2D eigenvalue weighted by Crippen LogP contribution is 2.43. The van der Waals surface area contributed by atoms with Crippen LogP contribution in [0.15, 0.2) is 12.3 Å². The molecule has 1 aromatic heterocycles. The second-order valence-corrected chi connectivity index (χ2v) is 8.04. The first kappa shape index (κ1) is 16.5. The van der Waals surface area contributed by atoms with Gasteiger partial charge in [0.25, 0.3) is 0 Å². The molecule has 1 aliphatic carbocycles. The fourth-order valence-electron chi connectivity index (χ4n) is 3.56. The van der Waals surface area contributed by atoms with Crippen molar-refractivity contribution >= 4 is 0 Å². The van der Waals surface area contributed by atoms with Crippen molar-refractivity contribution < 1.29 is 0 Å². The maximum Gasteiger partial charge on any atom is 0.0643 e. The average molecular weight is 291 g/mol. The van der Waals surface area contributed by atoms with Gasteiger partial charge in [0.2, 0.25) is 0 Å². The standard InChI is InChI=1S/C18H33N3/c1-6-17(4,5)15-7-10-18(19,11-8-15)13-16-9-12-21(20-16)14(2)3/h9,12,14-15H,6-8,10-11,13,19H2,1-5H3. The molecule has 21 heavy (non-hydrogen) atoms. The maximum atomic E-state index is 6.67. The van der Waals surface area contributed by atoms with Crippen LogP contribution in [-0.4, -0.2) is 15.3 Å². The summed E-state index contributed by atoms with van der Waals surface area (Å²) in [6, 6.07) is 2.56. The molecule has 1 saturated carbocycles. The molecule has 3 heteroatoms. The molecule has 0 aromatic carbocycles. The minimum atomic E-state index is -0.0452. The lowest BCUT2D eigenvalue weighted by Gasteiger charge is -2.43. The van der Waals surface area contributed by atoms with Crippen LogP contribution in [0.4, 0.5) is 0 Å². The first-order valence-electron chi connectivity index (χ1n) is 8.59. The first-order valence-corrected chi connectivity index (χ1v) is 8.59. The lowest BCUT2D eigenvalue weighted by atomic mass is 9.65. The fourth-order valence-corrected chi connectivity index (χ4v) is 3.56. The van der Waals surface area contributed by atoms with Crippen LogP contribution in [0.3, 0.4) is 0 Å². The fraction of sp³-hybridized carbons (Fsp3) is 0.833. The van der Waals surface area contributed by atoms with Gasteiger partial charge in [-0.3, -0.25) is 4.68 Å². The van der Waals surface area contributed by atoms with Gasteiger partial charge in [-0.25, -0.2) is 0 Å². The number of rotatable bonds is 5. The molecule has 0 amide bonds. The Morgan fingerprint density at radius 1 is 1.38 bits per heavy atom. The smallest absolute Gasteiger partial charge is 0.0643 e. The number of hydrogen-bond donors (Lipinski definition) is 1. The molecule has 120 valence electrons.